The van der Waals surface area contributed by atoms with Gasteiger partial charge in [0.25, 0.3) is 5.91 Å². The molecule has 5 heteroatoms. The summed E-state index contributed by atoms with van der Waals surface area (Å²) in [7, 11) is 1.33. The molecule has 0 aliphatic rings. The van der Waals surface area contributed by atoms with E-state index >= 15 is 0 Å². The molecule has 0 spiro atoms. The lowest BCUT2D eigenvalue weighted by Gasteiger charge is -2.14. The highest BCUT2D eigenvalue weighted by Gasteiger charge is 2.15. The fourth-order valence-corrected chi connectivity index (χ4v) is 2.78. The van der Waals surface area contributed by atoms with Crippen LogP contribution in [0.1, 0.15) is 58.9 Å². The van der Waals surface area contributed by atoms with Crippen LogP contribution in [0.2, 0.25) is 0 Å². The normalized spacial score (nSPS) is 11.9. The molecule has 0 saturated heterocycles. The predicted molar refractivity (Wildman–Crippen MR) is 81.3 cm³/mol. The summed E-state index contributed by atoms with van der Waals surface area (Å²) in [5.41, 5.74) is 0. The molecule has 1 unspecified atom stereocenters. The number of esters is 1. The molecule has 1 aromatic heterocycles. The average molecular weight is 297 g/mol. The van der Waals surface area contributed by atoms with Crippen LogP contribution in [0.5, 0.6) is 0 Å². The first-order valence-corrected chi connectivity index (χ1v) is 7.90. The molecule has 0 aliphatic carbocycles. The standard InChI is InChI=1S/C15H23NO3S/c1-4-6-7-11(5-2)10-16-14(17)12-8-9-13(20-12)15(18)19-3/h8-9,11H,4-7,10H2,1-3H3,(H,16,17). The highest BCUT2D eigenvalue weighted by atomic mass is 32.1. The number of unbranched alkanes of at least 4 members (excludes halogenated alkanes) is 1. The monoisotopic (exact) mass is 297 g/mol. The van der Waals surface area contributed by atoms with Gasteiger partial charge in [0.15, 0.2) is 0 Å². The molecular weight excluding hydrogens is 274 g/mol. The second-order valence-electron chi connectivity index (χ2n) is 4.78. The van der Waals surface area contributed by atoms with Crippen LogP contribution in [-0.2, 0) is 4.74 Å². The average Bonchev–Trinajstić information content (AvgIpc) is 2.96. The van der Waals surface area contributed by atoms with Gasteiger partial charge in [-0.25, -0.2) is 4.79 Å². The summed E-state index contributed by atoms with van der Waals surface area (Å²) in [5, 5.41) is 2.95. The zero-order chi connectivity index (χ0) is 15.0. The van der Waals surface area contributed by atoms with Gasteiger partial charge in [-0.2, -0.15) is 0 Å². The highest BCUT2D eigenvalue weighted by Crippen LogP contribution is 2.18. The van der Waals surface area contributed by atoms with Crippen molar-refractivity contribution >= 4 is 23.2 Å². The van der Waals surface area contributed by atoms with Crippen LogP contribution < -0.4 is 5.32 Å². The van der Waals surface area contributed by atoms with E-state index in [4.69, 9.17) is 0 Å². The Hall–Kier alpha value is -1.36. The fourth-order valence-electron chi connectivity index (χ4n) is 1.94. The Kier molecular flexibility index (Phi) is 7.30. The van der Waals surface area contributed by atoms with Gasteiger partial charge in [0.2, 0.25) is 0 Å². The van der Waals surface area contributed by atoms with E-state index in [-0.39, 0.29) is 5.91 Å². The molecule has 0 aliphatic heterocycles. The topological polar surface area (TPSA) is 55.4 Å². The van der Waals surface area contributed by atoms with Gasteiger partial charge in [-0.3, -0.25) is 4.79 Å². The molecule has 0 radical (unpaired) electrons. The van der Waals surface area contributed by atoms with Crippen molar-refractivity contribution in [2.45, 2.75) is 39.5 Å². The number of carbonyl (C=O) groups excluding carboxylic acids is 2. The van der Waals surface area contributed by atoms with Crippen molar-refractivity contribution in [1.82, 2.24) is 5.32 Å². The molecule has 0 fully saturated rings. The fraction of sp³-hybridized carbons (Fsp3) is 0.600. The molecule has 0 bridgehead atoms. The third kappa shape index (κ3) is 4.96. The van der Waals surface area contributed by atoms with Gasteiger partial charge in [-0.1, -0.05) is 33.1 Å². The molecule has 20 heavy (non-hydrogen) atoms. The Bertz CT molecular complexity index is 442. The summed E-state index contributed by atoms with van der Waals surface area (Å²) >= 11 is 1.16. The van der Waals surface area contributed by atoms with Gasteiger partial charge in [-0.15, -0.1) is 11.3 Å². The molecular formula is C15H23NO3S. The van der Waals surface area contributed by atoms with Crippen molar-refractivity contribution in [3.8, 4) is 0 Å². The van der Waals surface area contributed by atoms with Gasteiger partial charge in [0, 0.05) is 6.54 Å². The van der Waals surface area contributed by atoms with Crippen LogP contribution in [0.15, 0.2) is 12.1 Å². The number of nitrogens with one attached hydrogen (secondary N) is 1. The maximum atomic E-state index is 12.0. The first-order valence-electron chi connectivity index (χ1n) is 7.08. The quantitative estimate of drug-likeness (QED) is 0.747. The molecule has 112 valence electrons. The second kappa shape index (κ2) is 8.74. The number of methoxy groups -OCH3 is 1. The molecule has 1 atom stereocenters. The minimum atomic E-state index is -0.400. The van der Waals surface area contributed by atoms with Crippen molar-refractivity contribution in [2.24, 2.45) is 5.92 Å². The van der Waals surface area contributed by atoms with Gasteiger partial charge in [-0.05, 0) is 24.5 Å². The lowest BCUT2D eigenvalue weighted by Crippen LogP contribution is -2.28. The molecule has 0 saturated carbocycles. The molecule has 1 aromatic rings. The van der Waals surface area contributed by atoms with Crippen LogP contribution in [0.25, 0.3) is 0 Å². The Morgan fingerprint density at radius 2 is 2.00 bits per heavy atom. The summed E-state index contributed by atoms with van der Waals surface area (Å²) in [4.78, 5) is 24.4. The first kappa shape index (κ1) is 16.7. The number of carbonyl (C=O) groups is 2. The lowest BCUT2D eigenvalue weighted by molar-refractivity contribution is 0.0606. The molecule has 0 aromatic carbocycles. The van der Waals surface area contributed by atoms with Gasteiger partial charge in [0.05, 0.1) is 12.0 Å². The van der Waals surface area contributed by atoms with Crippen LogP contribution in [0.4, 0.5) is 0 Å². The summed E-state index contributed by atoms with van der Waals surface area (Å²) in [6, 6.07) is 3.29. The second-order valence-corrected chi connectivity index (χ2v) is 5.87. The van der Waals surface area contributed by atoms with Crippen LogP contribution in [-0.4, -0.2) is 25.5 Å². The van der Waals surface area contributed by atoms with E-state index in [2.05, 4.69) is 23.9 Å². The third-order valence-electron chi connectivity index (χ3n) is 3.31. The van der Waals surface area contributed by atoms with Crippen molar-refractivity contribution in [3.05, 3.63) is 21.9 Å². The number of hydrogen-bond acceptors (Lipinski definition) is 4. The minimum Gasteiger partial charge on any atom is -0.465 e. The van der Waals surface area contributed by atoms with Crippen molar-refractivity contribution in [2.75, 3.05) is 13.7 Å². The van der Waals surface area contributed by atoms with Gasteiger partial charge < -0.3 is 10.1 Å². The maximum absolute atomic E-state index is 12.0. The Balaban J connectivity index is 2.49. The molecule has 4 nitrogen and oxygen atoms in total. The van der Waals surface area contributed by atoms with E-state index in [0.717, 1.165) is 24.2 Å². The Morgan fingerprint density at radius 3 is 2.60 bits per heavy atom. The number of ether oxygens (including phenoxy) is 1. The smallest absolute Gasteiger partial charge is 0.348 e. The summed E-state index contributed by atoms with van der Waals surface area (Å²) < 4.78 is 4.63. The van der Waals surface area contributed by atoms with Crippen LogP contribution >= 0.6 is 11.3 Å². The van der Waals surface area contributed by atoms with Crippen LogP contribution in [0.3, 0.4) is 0 Å². The third-order valence-corrected chi connectivity index (χ3v) is 4.37. The van der Waals surface area contributed by atoms with Crippen molar-refractivity contribution < 1.29 is 14.3 Å². The number of thiophene rings is 1. The van der Waals surface area contributed by atoms with E-state index in [1.54, 1.807) is 12.1 Å². The zero-order valence-electron chi connectivity index (χ0n) is 12.4. The van der Waals surface area contributed by atoms with Crippen molar-refractivity contribution in [3.63, 3.8) is 0 Å². The minimum absolute atomic E-state index is 0.111. The molecule has 1 heterocycles. The Labute approximate surface area is 124 Å². The van der Waals surface area contributed by atoms with Crippen molar-refractivity contribution in [1.29, 1.82) is 0 Å². The SMILES string of the molecule is CCCCC(CC)CNC(=O)c1ccc(C(=O)OC)s1. The highest BCUT2D eigenvalue weighted by molar-refractivity contribution is 7.15. The summed E-state index contributed by atoms with van der Waals surface area (Å²) in [5.74, 6) is 0.0162. The first-order chi connectivity index (χ1) is 9.62. The molecule has 1 rings (SSSR count). The summed E-state index contributed by atoms with van der Waals surface area (Å²) in [6.45, 7) is 5.01. The largest absolute Gasteiger partial charge is 0.465 e. The zero-order valence-corrected chi connectivity index (χ0v) is 13.2. The summed E-state index contributed by atoms with van der Waals surface area (Å²) in [6.07, 6.45) is 4.58. The number of amides is 1. The van der Waals surface area contributed by atoms with Crippen LogP contribution in [0, 0.1) is 5.92 Å². The molecule has 1 N–H and O–H groups in total. The Morgan fingerprint density at radius 1 is 1.30 bits per heavy atom. The number of hydrogen-bond donors (Lipinski definition) is 1. The van der Waals surface area contributed by atoms with E-state index < -0.39 is 5.97 Å². The van der Waals surface area contributed by atoms with E-state index in [9.17, 15) is 9.59 Å². The van der Waals surface area contributed by atoms with E-state index in [0.29, 0.717) is 22.2 Å². The predicted octanol–water partition coefficient (Wildman–Crippen LogP) is 3.48. The van der Waals surface area contributed by atoms with E-state index in [1.165, 1.54) is 20.0 Å². The number of rotatable bonds is 8. The van der Waals surface area contributed by atoms with E-state index in [1.807, 2.05) is 0 Å². The van der Waals surface area contributed by atoms with Gasteiger partial charge in [0.1, 0.15) is 4.88 Å². The molecule has 1 amide bonds. The lowest BCUT2D eigenvalue weighted by atomic mass is 9.99. The van der Waals surface area contributed by atoms with Gasteiger partial charge >= 0.3 is 5.97 Å². The maximum Gasteiger partial charge on any atom is 0.348 e.